The van der Waals surface area contributed by atoms with E-state index >= 15 is 0 Å². The Hall–Kier alpha value is -2.78. The Labute approximate surface area is 175 Å². The summed E-state index contributed by atoms with van der Waals surface area (Å²) in [6.45, 7) is 0.850. The van der Waals surface area contributed by atoms with E-state index in [1.165, 1.54) is 19.5 Å². The molecule has 1 aliphatic heterocycles. The Kier molecular flexibility index (Phi) is 5.83. The number of rotatable bonds is 5. The van der Waals surface area contributed by atoms with Crippen molar-refractivity contribution >= 4 is 34.0 Å². The lowest BCUT2D eigenvalue weighted by molar-refractivity contribution is 0.0709. The molecule has 0 aliphatic carbocycles. The number of halogens is 4. The second kappa shape index (κ2) is 8.53. The lowest BCUT2D eigenvalue weighted by Gasteiger charge is -2.28. The molecule has 2 atom stereocenters. The van der Waals surface area contributed by atoms with Gasteiger partial charge in [-0.25, -0.2) is 23.1 Å². The van der Waals surface area contributed by atoms with Gasteiger partial charge in [0.05, 0.1) is 18.3 Å². The number of fused-ring (bicyclic) bond motifs is 1. The lowest BCUT2D eigenvalue weighted by atomic mass is 10.1. The third kappa shape index (κ3) is 3.95. The van der Waals surface area contributed by atoms with E-state index in [0.717, 1.165) is 6.07 Å². The van der Waals surface area contributed by atoms with E-state index in [9.17, 15) is 13.2 Å². The van der Waals surface area contributed by atoms with Gasteiger partial charge in [-0.15, -0.1) is 0 Å². The fourth-order valence-electron chi connectivity index (χ4n) is 3.26. The number of nitrogens with zero attached hydrogens (tertiary/aromatic N) is 2. The molecule has 0 spiro atoms. The second-order valence-electron chi connectivity index (χ2n) is 6.76. The first kappa shape index (κ1) is 20.5. The van der Waals surface area contributed by atoms with Gasteiger partial charge in [0.2, 0.25) is 0 Å². The van der Waals surface area contributed by atoms with Crippen LogP contribution in [0.5, 0.6) is 11.5 Å². The third-order valence-electron chi connectivity index (χ3n) is 4.84. The van der Waals surface area contributed by atoms with Crippen LogP contribution in [0.25, 0.3) is 10.9 Å². The first-order chi connectivity index (χ1) is 14.5. The number of anilines is 2. The Bertz CT molecular complexity index is 1090. The quantitative estimate of drug-likeness (QED) is 0.576. The lowest BCUT2D eigenvalue weighted by Crippen LogP contribution is -2.44. The fraction of sp³-hybridized carbons (Fsp3) is 0.300. The molecule has 158 valence electrons. The Morgan fingerprint density at radius 2 is 2.03 bits per heavy atom. The highest BCUT2D eigenvalue weighted by atomic mass is 35.5. The zero-order chi connectivity index (χ0) is 21.3. The van der Waals surface area contributed by atoms with Crippen molar-refractivity contribution in [1.29, 1.82) is 0 Å². The molecule has 2 aromatic carbocycles. The monoisotopic (exact) mass is 438 g/mol. The normalized spacial score (nSPS) is 19.0. The molecule has 0 bridgehead atoms. The SMILES string of the molecule is COc1cc2ncnc(Nc3ccc(F)c(Cl)c3F)c2cc1OC1CCNC[C@H]1F. The van der Waals surface area contributed by atoms with E-state index in [2.05, 4.69) is 20.6 Å². The summed E-state index contributed by atoms with van der Waals surface area (Å²) < 4.78 is 53.3. The third-order valence-corrected chi connectivity index (χ3v) is 5.18. The molecule has 6 nitrogen and oxygen atoms in total. The molecule has 1 aromatic heterocycles. The minimum absolute atomic E-state index is 0.0538. The number of nitrogens with one attached hydrogen (secondary N) is 2. The Balaban J connectivity index is 1.73. The highest BCUT2D eigenvalue weighted by Crippen LogP contribution is 2.37. The van der Waals surface area contributed by atoms with Crippen molar-refractivity contribution in [2.24, 2.45) is 0 Å². The van der Waals surface area contributed by atoms with Crippen LogP contribution in [-0.4, -0.2) is 42.4 Å². The first-order valence-electron chi connectivity index (χ1n) is 9.22. The summed E-state index contributed by atoms with van der Waals surface area (Å²) in [6.07, 6.45) is -0.0120. The maximum atomic E-state index is 14.3. The number of hydrogen-bond donors (Lipinski definition) is 2. The minimum Gasteiger partial charge on any atom is -0.493 e. The molecule has 10 heteroatoms. The highest BCUT2D eigenvalue weighted by molar-refractivity contribution is 6.31. The molecule has 3 aromatic rings. The van der Waals surface area contributed by atoms with Crippen LogP contribution in [0, 0.1) is 11.6 Å². The number of piperidine rings is 1. The van der Waals surface area contributed by atoms with E-state index in [1.807, 2.05) is 0 Å². The average molecular weight is 439 g/mol. The van der Waals surface area contributed by atoms with Crippen molar-refractivity contribution in [3.63, 3.8) is 0 Å². The highest BCUT2D eigenvalue weighted by Gasteiger charge is 2.27. The van der Waals surface area contributed by atoms with Gasteiger partial charge in [0, 0.05) is 18.0 Å². The van der Waals surface area contributed by atoms with E-state index in [1.54, 1.807) is 12.1 Å². The standard InChI is InChI=1S/C20H18ClF3N4O2/c1-29-16-7-14-10(6-17(16)30-15-4-5-25-8-12(15)23)20(27-9-26-14)28-13-3-2-11(22)18(21)19(13)24/h2-3,6-7,9,12,15,25H,4-5,8H2,1H3,(H,26,27,28)/t12-,15?/m1/s1. The Morgan fingerprint density at radius 1 is 1.20 bits per heavy atom. The topological polar surface area (TPSA) is 68.3 Å². The largest absolute Gasteiger partial charge is 0.493 e. The van der Waals surface area contributed by atoms with Gasteiger partial charge in [-0.3, -0.25) is 0 Å². The molecule has 0 radical (unpaired) electrons. The van der Waals surface area contributed by atoms with Crippen LogP contribution < -0.4 is 20.1 Å². The maximum Gasteiger partial charge on any atom is 0.168 e. The smallest absolute Gasteiger partial charge is 0.168 e. The van der Waals surface area contributed by atoms with E-state index in [-0.39, 0.29) is 18.1 Å². The van der Waals surface area contributed by atoms with Gasteiger partial charge in [-0.1, -0.05) is 11.6 Å². The van der Waals surface area contributed by atoms with Gasteiger partial charge in [0.1, 0.15) is 35.3 Å². The zero-order valence-corrected chi connectivity index (χ0v) is 16.6. The molecule has 1 aliphatic rings. The first-order valence-corrected chi connectivity index (χ1v) is 9.60. The summed E-state index contributed by atoms with van der Waals surface area (Å²) in [5.74, 6) is -0.862. The minimum atomic E-state index is -1.17. The summed E-state index contributed by atoms with van der Waals surface area (Å²) in [7, 11) is 1.47. The molecule has 4 rings (SSSR count). The van der Waals surface area contributed by atoms with E-state index in [0.29, 0.717) is 35.4 Å². The van der Waals surface area contributed by atoms with Gasteiger partial charge >= 0.3 is 0 Å². The average Bonchev–Trinajstić information content (AvgIpc) is 2.75. The van der Waals surface area contributed by atoms with Crippen molar-refractivity contribution in [1.82, 2.24) is 15.3 Å². The summed E-state index contributed by atoms with van der Waals surface area (Å²) in [6, 6.07) is 5.50. The predicted octanol–water partition coefficient (Wildman–Crippen LogP) is 4.39. The molecular formula is C20H18ClF3N4O2. The van der Waals surface area contributed by atoms with Crippen LogP contribution in [0.4, 0.5) is 24.7 Å². The van der Waals surface area contributed by atoms with Crippen LogP contribution in [0.15, 0.2) is 30.6 Å². The summed E-state index contributed by atoms with van der Waals surface area (Å²) in [5, 5.41) is 5.63. The number of aromatic nitrogens is 2. The van der Waals surface area contributed by atoms with Crippen LogP contribution in [-0.2, 0) is 0 Å². The molecule has 1 saturated heterocycles. The number of ether oxygens (including phenoxy) is 2. The van der Waals surface area contributed by atoms with Gasteiger partial charge in [0.25, 0.3) is 0 Å². The number of methoxy groups -OCH3 is 1. The predicted molar refractivity (Wildman–Crippen MR) is 108 cm³/mol. The van der Waals surface area contributed by atoms with Gasteiger partial charge in [-0.05, 0) is 31.2 Å². The van der Waals surface area contributed by atoms with Crippen molar-refractivity contribution in [3.8, 4) is 11.5 Å². The van der Waals surface area contributed by atoms with Crippen LogP contribution in [0.2, 0.25) is 5.02 Å². The molecule has 1 unspecified atom stereocenters. The van der Waals surface area contributed by atoms with E-state index < -0.39 is 28.9 Å². The zero-order valence-electron chi connectivity index (χ0n) is 15.9. The second-order valence-corrected chi connectivity index (χ2v) is 7.13. The van der Waals surface area contributed by atoms with Crippen molar-refractivity contribution < 1.29 is 22.6 Å². The van der Waals surface area contributed by atoms with E-state index in [4.69, 9.17) is 21.1 Å². The summed E-state index contributed by atoms with van der Waals surface area (Å²) in [4.78, 5) is 8.35. The van der Waals surface area contributed by atoms with Gasteiger partial charge in [-0.2, -0.15) is 0 Å². The van der Waals surface area contributed by atoms with Crippen LogP contribution in [0.3, 0.4) is 0 Å². The van der Waals surface area contributed by atoms with Crippen LogP contribution >= 0.6 is 11.6 Å². The van der Waals surface area contributed by atoms with Crippen molar-refractivity contribution in [2.45, 2.75) is 18.7 Å². The summed E-state index contributed by atoms with van der Waals surface area (Å²) in [5.41, 5.74) is 0.439. The van der Waals surface area contributed by atoms with Gasteiger partial charge < -0.3 is 20.1 Å². The molecule has 30 heavy (non-hydrogen) atoms. The van der Waals surface area contributed by atoms with Gasteiger partial charge in [0.15, 0.2) is 17.3 Å². The summed E-state index contributed by atoms with van der Waals surface area (Å²) >= 11 is 5.65. The number of alkyl halides is 1. The number of hydrogen-bond acceptors (Lipinski definition) is 6. The molecule has 1 fully saturated rings. The molecule has 2 heterocycles. The molecule has 0 saturated carbocycles. The van der Waals surface area contributed by atoms with Crippen LogP contribution in [0.1, 0.15) is 6.42 Å². The molecule has 2 N–H and O–H groups in total. The Morgan fingerprint density at radius 3 is 2.80 bits per heavy atom. The molecule has 0 amide bonds. The number of benzene rings is 2. The maximum absolute atomic E-state index is 14.3. The fourth-order valence-corrected chi connectivity index (χ4v) is 3.42. The molecular weight excluding hydrogens is 421 g/mol. The van der Waals surface area contributed by atoms with Crippen molar-refractivity contribution in [2.75, 3.05) is 25.5 Å². The van der Waals surface area contributed by atoms with Crippen molar-refractivity contribution in [3.05, 3.63) is 47.2 Å².